The van der Waals surface area contributed by atoms with Gasteiger partial charge in [-0.15, -0.1) is 0 Å². The minimum absolute atomic E-state index is 0.0809. The minimum atomic E-state index is -1.18. The van der Waals surface area contributed by atoms with Crippen LogP contribution >= 0.6 is 0 Å². The van der Waals surface area contributed by atoms with Crippen molar-refractivity contribution < 1.29 is 19.4 Å². The Hall–Kier alpha value is -2.17. The molecule has 0 heterocycles. The Balaban J connectivity index is 0. The van der Waals surface area contributed by atoms with E-state index in [0.29, 0.717) is 18.4 Å². The smallest absolute Gasteiger partial charge is 0.334 e. The zero-order chi connectivity index (χ0) is 31.6. The third-order valence-electron chi connectivity index (χ3n) is 5.34. The molecule has 10 heteroatoms. The van der Waals surface area contributed by atoms with Crippen LogP contribution in [0.5, 0.6) is 0 Å². The Morgan fingerprint density at radius 1 is 0.950 bits per heavy atom. The molecule has 0 aliphatic heterocycles. The van der Waals surface area contributed by atoms with Crippen LogP contribution in [0.2, 0.25) is 0 Å². The van der Waals surface area contributed by atoms with E-state index in [0.717, 1.165) is 18.8 Å². The van der Waals surface area contributed by atoms with Crippen molar-refractivity contribution in [2.45, 2.75) is 132 Å². The minimum Gasteiger partial charge on any atom is -0.441 e. The van der Waals surface area contributed by atoms with Crippen LogP contribution in [-0.4, -0.2) is 60.1 Å². The van der Waals surface area contributed by atoms with Gasteiger partial charge >= 0.3 is 5.97 Å². The molecule has 0 aromatic heterocycles. The summed E-state index contributed by atoms with van der Waals surface area (Å²) in [6, 6.07) is 0. The molecule has 40 heavy (non-hydrogen) atoms. The molecule has 0 spiro atoms. The van der Waals surface area contributed by atoms with E-state index in [4.69, 9.17) is 26.7 Å². The number of carbonyl (C=O) groups is 1. The summed E-state index contributed by atoms with van der Waals surface area (Å²) in [5.74, 6) is 0.592. The average molecular weight is 571 g/mol. The van der Waals surface area contributed by atoms with Crippen molar-refractivity contribution in [1.29, 1.82) is 0 Å². The van der Waals surface area contributed by atoms with Crippen molar-refractivity contribution in [3.05, 3.63) is 12.2 Å². The molecule has 8 N–H and O–H groups in total. The van der Waals surface area contributed by atoms with Crippen LogP contribution in [0.3, 0.4) is 0 Å². The number of rotatable bonds is 16. The quantitative estimate of drug-likeness (QED) is 0.0448. The van der Waals surface area contributed by atoms with Gasteiger partial charge in [-0.3, -0.25) is 21.0 Å². The number of aliphatic hydroxyl groups is 1. The summed E-state index contributed by atoms with van der Waals surface area (Å²) < 4.78 is 11.1. The molecule has 2 unspecified atom stereocenters. The predicted octanol–water partition coefficient (Wildman–Crippen LogP) is 4.59. The van der Waals surface area contributed by atoms with Crippen LogP contribution in [0.25, 0.3) is 0 Å². The molecule has 0 aromatic rings. The first-order valence-corrected chi connectivity index (χ1v) is 14.5. The first-order chi connectivity index (χ1) is 18.2. The molecule has 0 aliphatic carbocycles. The number of carbonyl (C=O) groups excluding carboxylic acids is 1. The Morgan fingerprint density at radius 2 is 1.48 bits per heavy atom. The molecule has 0 radical (unpaired) electrons. The first-order valence-electron chi connectivity index (χ1n) is 14.5. The van der Waals surface area contributed by atoms with E-state index < -0.39 is 23.4 Å². The Morgan fingerprint density at radius 3 is 2.00 bits per heavy atom. The van der Waals surface area contributed by atoms with Gasteiger partial charge in [0.1, 0.15) is 0 Å². The third kappa shape index (κ3) is 27.4. The summed E-state index contributed by atoms with van der Waals surface area (Å²) in [5.41, 5.74) is 16.6. The number of aliphatic imine (C=N–C) groups is 2. The van der Waals surface area contributed by atoms with Gasteiger partial charge in [0.25, 0.3) is 0 Å². The van der Waals surface area contributed by atoms with Crippen molar-refractivity contribution in [2.75, 3.05) is 19.7 Å². The fraction of sp³-hybridized carbons (Fsp3) is 0.833. The van der Waals surface area contributed by atoms with Gasteiger partial charge < -0.3 is 26.0 Å². The van der Waals surface area contributed by atoms with Gasteiger partial charge in [-0.25, -0.2) is 4.79 Å². The SMILES string of the molecule is C=C(C)C(=O)OC(C)(N)CCOC(C)(C)CC(O)CN=C(N)NC(N)=NCCCCCCC(C)(C)C.CC(C)C. The first kappa shape index (κ1) is 40.0. The van der Waals surface area contributed by atoms with E-state index in [2.05, 4.69) is 63.4 Å². The molecule has 236 valence electrons. The van der Waals surface area contributed by atoms with Gasteiger partial charge in [-0.1, -0.05) is 67.4 Å². The lowest BCUT2D eigenvalue weighted by atomic mass is 9.89. The molecule has 0 bridgehead atoms. The van der Waals surface area contributed by atoms with E-state index in [1.807, 2.05) is 13.8 Å². The van der Waals surface area contributed by atoms with Crippen molar-refractivity contribution in [3.8, 4) is 0 Å². The van der Waals surface area contributed by atoms with E-state index in [9.17, 15) is 9.90 Å². The van der Waals surface area contributed by atoms with Crippen LogP contribution in [0, 0.1) is 11.3 Å². The van der Waals surface area contributed by atoms with Gasteiger partial charge in [-0.2, -0.15) is 0 Å². The number of hydrogen-bond donors (Lipinski definition) is 5. The van der Waals surface area contributed by atoms with Crippen LogP contribution in [0.15, 0.2) is 22.1 Å². The van der Waals surface area contributed by atoms with Crippen LogP contribution in [-0.2, 0) is 14.3 Å². The van der Waals surface area contributed by atoms with E-state index >= 15 is 0 Å². The molecule has 0 aliphatic rings. The molecule has 2 atom stereocenters. The number of unbranched alkanes of at least 4 members (excludes halogenated alkanes) is 3. The molecule has 10 nitrogen and oxygen atoms in total. The van der Waals surface area contributed by atoms with Crippen molar-refractivity contribution in [2.24, 2.45) is 38.5 Å². The third-order valence-corrected chi connectivity index (χ3v) is 5.34. The average Bonchev–Trinajstić information content (AvgIpc) is 2.74. The summed E-state index contributed by atoms with van der Waals surface area (Å²) >= 11 is 0. The molecule has 0 saturated heterocycles. The maximum atomic E-state index is 11.7. The predicted molar refractivity (Wildman–Crippen MR) is 168 cm³/mol. The monoisotopic (exact) mass is 570 g/mol. The van der Waals surface area contributed by atoms with Crippen molar-refractivity contribution in [3.63, 3.8) is 0 Å². The largest absolute Gasteiger partial charge is 0.441 e. The van der Waals surface area contributed by atoms with Crippen LogP contribution in [0.1, 0.15) is 114 Å². The van der Waals surface area contributed by atoms with E-state index in [1.165, 1.54) is 19.3 Å². The highest BCUT2D eigenvalue weighted by Gasteiger charge is 2.27. The van der Waals surface area contributed by atoms with Crippen molar-refractivity contribution in [1.82, 2.24) is 5.32 Å². The number of ether oxygens (including phenoxy) is 2. The number of nitrogens with two attached hydrogens (primary N) is 3. The normalized spacial score (nSPS) is 15.1. The Bertz CT molecular complexity index is 783. The number of aliphatic hydroxyl groups excluding tert-OH is 1. The fourth-order valence-corrected chi connectivity index (χ4v) is 3.30. The molecular formula is C30H62N6O4. The fourth-order valence-electron chi connectivity index (χ4n) is 3.30. The zero-order valence-electron chi connectivity index (χ0n) is 27.2. The summed E-state index contributed by atoms with van der Waals surface area (Å²) in [4.78, 5) is 20.1. The van der Waals surface area contributed by atoms with E-state index in [-0.39, 0.29) is 37.1 Å². The van der Waals surface area contributed by atoms with E-state index in [1.54, 1.807) is 13.8 Å². The number of esters is 1. The summed E-state index contributed by atoms with van der Waals surface area (Å²) in [5, 5.41) is 13.1. The second-order valence-corrected chi connectivity index (χ2v) is 13.3. The molecule has 0 fully saturated rings. The number of guanidine groups is 2. The van der Waals surface area contributed by atoms with Gasteiger partial charge in [0.2, 0.25) is 0 Å². The number of hydrogen-bond acceptors (Lipinski definition) is 7. The van der Waals surface area contributed by atoms with Crippen LogP contribution in [0.4, 0.5) is 0 Å². The molecule has 0 rings (SSSR count). The number of nitrogens with one attached hydrogen (secondary N) is 1. The standard InChI is InChI=1S/C26H52N6O4.C4H10/c1-19(2)21(34)36-26(8,29)14-16-35-25(6,7)17-20(33)18-31-23(28)32-22(27)30-15-12-10-9-11-13-24(3,4)5;1-4(2)3/h20,33H,1,9-18,29H2,2-8H3,(H5,27,28,30,31,32);4H,1-3H3. The van der Waals surface area contributed by atoms with Crippen molar-refractivity contribution >= 4 is 17.9 Å². The van der Waals surface area contributed by atoms with Gasteiger partial charge in [-0.05, 0) is 51.9 Å². The Labute approximate surface area is 244 Å². The summed E-state index contributed by atoms with van der Waals surface area (Å²) in [6.45, 7) is 24.6. The second kappa shape index (κ2) is 19.8. The lowest BCUT2D eigenvalue weighted by Gasteiger charge is -2.30. The molecule has 0 aromatic carbocycles. The summed E-state index contributed by atoms with van der Waals surface area (Å²) in [6.07, 6.45) is 5.55. The van der Waals surface area contributed by atoms with Gasteiger partial charge in [0, 0.05) is 25.0 Å². The summed E-state index contributed by atoms with van der Waals surface area (Å²) in [7, 11) is 0. The Kier molecular flexibility index (Phi) is 19.8. The maximum Gasteiger partial charge on any atom is 0.334 e. The second-order valence-electron chi connectivity index (χ2n) is 13.3. The van der Waals surface area contributed by atoms with Crippen LogP contribution < -0.4 is 22.5 Å². The maximum absolute atomic E-state index is 11.7. The highest BCUT2D eigenvalue weighted by Crippen LogP contribution is 2.22. The van der Waals surface area contributed by atoms with Gasteiger partial charge in [0.15, 0.2) is 17.6 Å². The number of nitrogens with zero attached hydrogens (tertiary/aromatic N) is 2. The zero-order valence-corrected chi connectivity index (χ0v) is 27.2. The molecule has 0 saturated carbocycles. The molecule has 0 amide bonds. The molecular weight excluding hydrogens is 508 g/mol. The highest BCUT2D eigenvalue weighted by molar-refractivity contribution is 5.97. The topological polar surface area (TPSA) is 171 Å². The lowest BCUT2D eigenvalue weighted by molar-refractivity contribution is -0.155. The van der Waals surface area contributed by atoms with Gasteiger partial charge in [0.05, 0.1) is 24.9 Å². The lowest BCUT2D eigenvalue weighted by Crippen LogP contribution is -2.43. The highest BCUT2D eigenvalue weighted by atomic mass is 16.6.